The van der Waals surface area contributed by atoms with E-state index in [-0.39, 0.29) is 0 Å². The quantitative estimate of drug-likeness (QED) is 0.747. The lowest BCUT2D eigenvalue weighted by Gasteiger charge is -2.40. The van der Waals surface area contributed by atoms with Gasteiger partial charge in [-0.2, -0.15) is 0 Å². The molecule has 1 fully saturated rings. The van der Waals surface area contributed by atoms with Crippen molar-refractivity contribution in [2.24, 2.45) is 11.8 Å². The molecule has 3 N–H and O–H groups in total. The summed E-state index contributed by atoms with van der Waals surface area (Å²) >= 11 is 0. The highest BCUT2D eigenvalue weighted by atomic mass is 16.3. The first kappa shape index (κ1) is 14.1. The van der Waals surface area contributed by atoms with E-state index in [4.69, 9.17) is 0 Å². The van der Waals surface area contributed by atoms with Crippen molar-refractivity contribution in [3.63, 3.8) is 0 Å². The third-order valence-electron chi connectivity index (χ3n) is 5.88. The Kier molecular flexibility index (Phi) is 3.41. The zero-order valence-electron chi connectivity index (χ0n) is 13.5. The highest BCUT2D eigenvalue weighted by molar-refractivity contribution is 5.86. The average molecular weight is 298 g/mol. The van der Waals surface area contributed by atoms with Crippen LogP contribution in [0, 0.1) is 11.8 Å². The monoisotopic (exact) mass is 298 g/mol. The molecule has 0 radical (unpaired) electrons. The topological polar surface area (TPSA) is 48.0 Å². The Morgan fingerprint density at radius 1 is 1.27 bits per heavy atom. The molecule has 0 bridgehead atoms. The molecule has 2 aliphatic rings. The van der Waals surface area contributed by atoms with Crippen LogP contribution in [0.5, 0.6) is 5.75 Å². The van der Waals surface area contributed by atoms with Crippen LogP contribution in [0.15, 0.2) is 18.2 Å². The van der Waals surface area contributed by atoms with Gasteiger partial charge < -0.3 is 15.4 Å². The molecule has 2 heterocycles. The van der Waals surface area contributed by atoms with Gasteiger partial charge in [-0.05, 0) is 61.4 Å². The van der Waals surface area contributed by atoms with Crippen molar-refractivity contribution in [2.45, 2.75) is 51.5 Å². The fraction of sp³-hybridized carbons (Fsp3) is 0.579. The van der Waals surface area contributed by atoms with Gasteiger partial charge in [0.25, 0.3) is 0 Å². The lowest BCUT2D eigenvalue weighted by molar-refractivity contribution is 0.182. The van der Waals surface area contributed by atoms with Gasteiger partial charge in [0.2, 0.25) is 0 Å². The molecular formula is C19H26N2O. The Morgan fingerprint density at radius 2 is 2.14 bits per heavy atom. The maximum atomic E-state index is 9.85. The van der Waals surface area contributed by atoms with E-state index < -0.39 is 0 Å². The number of hydrogen-bond acceptors (Lipinski definition) is 2. The molecule has 1 saturated carbocycles. The molecule has 0 spiro atoms. The van der Waals surface area contributed by atoms with Gasteiger partial charge in [-0.25, -0.2) is 0 Å². The molecule has 22 heavy (non-hydrogen) atoms. The normalized spacial score (nSPS) is 31.5. The van der Waals surface area contributed by atoms with Gasteiger partial charge in [-0.3, -0.25) is 0 Å². The predicted octanol–water partition coefficient (Wildman–Crippen LogP) is 3.93. The molecule has 0 amide bonds. The number of phenolic OH excluding ortho intramolecular Hbond substituents is 1. The van der Waals surface area contributed by atoms with E-state index in [1.807, 2.05) is 12.1 Å². The summed E-state index contributed by atoms with van der Waals surface area (Å²) in [5.41, 5.74) is 4.03. The van der Waals surface area contributed by atoms with E-state index in [1.54, 1.807) is 6.07 Å². The molecule has 3 nitrogen and oxygen atoms in total. The van der Waals surface area contributed by atoms with Crippen LogP contribution in [-0.2, 0) is 6.42 Å². The molecule has 1 aromatic carbocycles. The van der Waals surface area contributed by atoms with Gasteiger partial charge in [0.05, 0.1) is 0 Å². The Hall–Kier alpha value is -1.48. The number of aromatic hydroxyl groups is 1. The number of benzene rings is 1. The number of aromatic nitrogens is 1. The molecular weight excluding hydrogens is 272 g/mol. The van der Waals surface area contributed by atoms with Gasteiger partial charge in [0.15, 0.2) is 0 Å². The molecule has 2 aromatic rings. The Morgan fingerprint density at radius 3 is 2.95 bits per heavy atom. The number of nitrogens with one attached hydrogen (secondary N) is 2. The fourth-order valence-corrected chi connectivity index (χ4v) is 4.90. The minimum absolute atomic E-state index is 0.367. The first-order valence-corrected chi connectivity index (χ1v) is 8.74. The first-order chi connectivity index (χ1) is 10.7. The third kappa shape index (κ3) is 2.14. The second-order valence-corrected chi connectivity index (χ2v) is 7.33. The second kappa shape index (κ2) is 5.31. The zero-order chi connectivity index (χ0) is 15.3. The minimum Gasteiger partial charge on any atom is -0.508 e. The Labute approximate surface area is 132 Å². The number of rotatable bonds is 1. The maximum Gasteiger partial charge on any atom is 0.116 e. The summed E-state index contributed by atoms with van der Waals surface area (Å²) in [6.45, 7) is 5.77. The number of H-pyrrole nitrogens is 1. The van der Waals surface area contributed by atoms with Crippen molar-refractivity contribution in [3.8, 4) is 5.75 Å². The van der Waals surface area contributed by atoms with Crippen LogP contribution < -0.4 is 5.32 Å². The van der Waals surface area contributed by atoms with Crippen molar-refractivity contribution in [3.05, 3.63) is 29.5 Å². The van der Waals surface area contributed by atoms with Crippen molar-refractivity contribution < 1.29 is 5.11 Å². The minimum atomic E-state index is 0.367. The van der Waals surface area contributed by atoms with Crippen molar-refractivity contribution in [1.82, 2.24) is 10.3 Å². The summed E-state index contributed by atoms with van der Waals surface area (Å²) in [6.07, 6.45) is 4.92. The van der Waals surface area contributed by atoms with E-state index in [0.29, 0.717) is 17.7 Å². The van der Waals surface area contributed by atoms with E-state index in [1.165, 1.54) is 41.4 Å². The molecule has 4 unspecified atom stereocenters. The molecule has 118 valence electrons. The zero-order valence-corrected chi connectivity index (χ0v) is 13.5. The number of hydrogen-bond donors (Lipinski definition) is 3. The Bertz CT molecular complexity index is 690. The van der Waals surface area contributed by atoms with Crippen molar-refractivity contribution >= 4 is 10.9 Å². The van der Waals surface area contributed by atoms with Crippen LogP contribution in [0.3, 0.4) is 0 Å². The lowest BCUT2D eigenvalue weighted by Crippen LogP contribution is -2.44. The molecule has 4 atom stereocenters. The van der Waals surface area contributed by atoms with Gasteiger partial charge in [-0.15, -0.1) is 0 Å². The number of phenols is 1. The fourth-order valence-electron chi connectivity index (χ4n) is 4.90. The summed E-state index contributed by atoms with van der Waals surface area (Å²) in [4.78, 5) is 3.70. The highest BCUT2D eigenvalue weighted by Crippen LogP contribution is 2.44. The Balaban J connectivity index is 1.84. The van der Waals surface area contributed by atoms with Crippen LogP contribution >= 0.6 is 0 Å². The average Bonchev–Trinajstić information content (AvgIpc) is 2.75. The van der Waals surface area contributed by atoms with Crippen LogP contribution in [0.25, 0.3) is 10.9 Å². The molecule has 1 aliphatic carbocycles. The number of aromatic amines is 1. The van der Waals surface area contributed by atoms with Crippen LogP contribution in [0.1, 0.15) is 50.3 Å². The lowest BCUT2D eigenvalue weighted by atomic mass is 9.70. The highest BCUT2D eigenvalue weighted by Gasteiger charge is 2.39. The summed E-state index contributed by atoms with van der Waals surface area (Å²) in [6, 6.07) is 6.33. The molecule has 1 aliphatic heterocycles. The largest absolute Gasteiger partial charge is 0.508 e. The van der Waals surface area contributed by atoms with E-state index >= 15 is 0 Å². The van der Waals surface area contributed by atoms with Gasteiger partial charge in [0.1, 0.15) is 5.75 Å². The maximum absolute atomic E-state index is 9.85. The summed E-state index contributed by atoms with van der Waals surface area (Å²) in [5, 5.41) is 14.9. The molecule has 0 saturated heterocycles. The predicted molar refractivity (Wildman–Crippen MR) is 90.4 cm³/mol. The van der Waals surface area contributed by atoms with Crippen molar-refractivity contribution in [1.29, 1.82) is 0 Å². The van der Waals surface area contributed by atoms with E-state index in [2.05, 4.69) is 24.1 Å². The SMILES string of the molecule is CCC1CC(C)CC2c3[nH]c4ccc(O)cc4c3CCNC12. The van der Waals surface area contributed by atoms with Gasteiger partial charge >= 0.3 is 0 Å². The van der Waals surface area contributed by atoms with Crippen LogP contribution in [0.4, 0.5) is 0 Å². The molecule has 3 heteroatoms. The molecule has 4 rings (SSSR count). The van der Waals surface area contributed by atoms with Gasteiger partial charge in [-0.1, -0.05) is 20.3 Å². The second-order valence-electron chi connectivity index (χ2n) is 7.33. The van der Waals surface area contributed by atoms with Crippen molar-refractivity contribution in [2.75, 3.05) is 6.54 Å². The van der Waals surface area contributed by atoms with Crippen LogP contribution in [-0.4, -0.2) is 22.7 Å². The standard InChI is InChI=1S/C19H26N2O/c1-3-12-8-11(2)9-16-18(12)20-7-6-14-15-10-13(22)4-5-17(15)21-19(14)16/h4-5,10-12,16,18,20-22H,3,6-9H2,1-2H3. The summed E-state index contributed by atoms with van der Waals surface area (Å²) in [5.74, 6) is 2.52. The molecule has 1 aromatic heterocycles. The number of fused-ring (bicyclic) bond motifs is 5. The van der Waals surface area contributed by atoms with E-state index in [0.717, 1.165) is 24.8 Å². The summed E-state index contributed by atoms with van der Waals surface area (Å²) in [7, 11) is 0. The van der Waals surface area contributed by atoms with Gasteiger partial charge in [0, 0.05) is 28.6 Å². The van der Waals surface area contributed by atoms with E-state index in [9.17, 15) is 5.11 Å². The smallest absolute Gasteiger partial charge is 0.116 e. The first-order valence-electron chi connectivity index (χ1n) is 8.74. The third-order valence-corrected chi connectivity index (χ3v) is 5.88. The van der Waals surface area contributed by atoms with Crippen LogP contribution in [0.2, 0.25) is 0 Å². The summed E-state index contributed by atoms with van der Waals surface area (Å²) < 4.78 is 0.